The summed E-state index contributed by atoms with van der Waals surface area (Å²) in [5.41, 5.74) is 10.7. The number of aromatic amines is 1. The van der Waals surface area contributed by atoms with Crippen LogP contribution in [0.1, 0.15) is 70.0 Å². The van der Waals surface area contributed by atoms with Crippen molar-refractivity contribution >= 4 is 11.8 Å². The van der Waals surface area contributed by atoms with Crippen molar-refractivity contribution in [1.82, 2.24) is 4.98 Å². The van der Waals surface area contributed by atoms with Gasteiger partial charge in [-0.2, -0.15) is 0 Å². The highest BCUT2D eigenvalue weighted by molar-refractivity contribution is 6.03. The summed E-state index contributed by atoms with van der Waals surface area (Å²) in [6.07, 6.45) is 6.54. The van der Waals surface area contributed by atoms with Gasteiger partial charge in [0.2, 0.25) is 0 Å². The van der Waals surface area contributed by atoms with E-state index < -0.39 is 0 Å². The average molecular weight is 284 g/mol. The van der Waals surface area contributed by atoms with Gasteiger partial charge in [-0.1, -0.05) is 27.7 Å². The number of nitrogens with one attached hydrogen (secondary N) is 1. The number of hydrogen-bond acceptors (Lipinski definition) is 1. The van der Waals surface area contributed by atoms with E-state index in [1.54, 1.807) is 0 Å². The van der Waals surface area contributed by atoms with Gasteiger partial charge in [0.15, 0.2) is 0 Å². The van der Waals surface area contributed by atoms with Crippen molar-refractivity contribution in [3.63, 3.8) is 0 Å². The maximum Gasteiger partial charge on any atom is 0.0688 e. The first-order valence-electron chi connectivity index (χ1n) is 8.27. The minimum Gasteiger partial charge on any atom is -0.359 e. The van der Waals surface area contributed by atoms with Crippen molar-refractivity contribution in [2.45, 2.75) is 67.2 Å². The molecule has 0 aromatic carbocycles. The number of rotatable bonds is 5. The molecule has 0 fully saturated rings. The predicted octanol–water partition coefficient (Wildman–Crippen LogP) is 5.38. The second kappa shape index (κ2) is 6.46. The molecule has 2 rings (SSSR count). The molecule has 1 N–H and O–H groups in total. The van der Waals surface area contributed by atoms with E-state index in [-0.39, 0.29) is 0 Å². The molecular formula is C19H28N2. The molecule has 2 nitrogen and oxygen atoms in total. The first-order chi connectivity index (χ1) is 10.1. The van der Waals surface area contributed by atoms with Gasteiger partial charge in [-0.25, -0.2) is 0 Å². The Labute approximate surface area is 129 Å². The van der Waals surface area contributed by atoms with Crippen LogP contribution in [0.3, 0.4) is 0 Å². The van der Waals surface area contributed by atoms with Crippen LogP contribution in [-0.4, -0.2) is 10.7 Å². The smallest absolute Gasteiger partial charge is 0.0688 e. The number of aromatic nitrogens is 1. The molecule has 1 aliphatic rings. The summed E-state index contributed by atoms with van der Waals surface area (Å²) >= 11 is 0. The fraction of sp³-hybridized carbons (Fsp3) is 0.526. The van der Waals surface area contributed by atoms with Crippen LogP contribution < -0.4 is 0 Å². The summed E-state index contributed by atoms with van der Waals surface area (Å²) in [5.74, 6) is 0. The zero-order valence-corrected chi connectivity index (χ0v) is 14.4. The number of hydrogen-bond donors (Lipinski definition) is 1. The summed E-state index contributed by atoms with van der Waals surface area (Å²) in [6.45, 7) is 13.2. The van der Waals surface area contributed by atoms with Crippen LogP contribution in [0, 0.1) is 6.92 Å². The van der Waals surface area contributed by atoms with Gasteiger partial charge in [0, 0.05) is 17.1 Å². The molecule has 0 saturated carbocycles. The Kier molecular flexibility index (Phi) is 4.87. The molecule has 0 saturated heterocycles. The quantitative estimate of drug-likeness (QED) is 0.752. The standard InChI is InChI=1S/C19H28N2/c1-7-14-12(5)20-18(16(14)9-3)11-19-17(10-4)15(8-2)13(6)21-19/h11,20H,7-10H2,1-6H3/b19-11-. The third kappa shape index (κ3) is 2.76. The minimum atomic E-state index is 1.05. The van der Waals surface area contributed by atoms with Crippen molar-refractivity contribution in [3.05, 3.63) is 39.4 Å². The van der Waals surface area contributed by atoms with Gasteiger partial charge in [0.05, 0.1) is 5.70 Å². The van der Waals surface area contributed by atoms with Crippen molar-refractivity contribution in [2.24, 2.45) is 4.99 Å². The lowest BCUT2D eigenvalue weighted by atomic mass is 9.99. The van der Waals surface area contributed by atoms with Crippen LogP contribution in [0.5, 0.6) is 0 Å². The van der Waals surface area contributed by atoms with E-state index in [9.17, 15) is 0 Å². The molecule has 0 aliphatic carbocycles. The maximum atomic E-state index is 4.81. The molecule has 114 valence electrons. The van der Waals surface area contributed by atoms with E-state index in [0.29, 0.717) is 0 Å². The number of nitrogens with zero attached hydrogens (tertiary/aromatic N) is 1. The van der Waals surface area contributed by atoms with Crippen molar-refractivity contribution in [1.29, 1.82) is 0 Å². The first-order valence-corrected chi connectivity index (χ1v) is 8.27. The molecule has 1 aliphatic heterocycles. The fourth-order valence-corrected chi connectivity index (χ4v) is 3.56. The third-order valence-electron chi connectivity index (χ3n) is 4.56. The van der Waals surface area contributed by atoms with Crippen LogP contribution in [0.4, 0.5) is 0 Å². The van der Waals surface area contributed by atoms with Crippen LogP contribution in [0.2, 0.25) is 0 Å². The number of aliphatic imine (C=N–C) groups is 1. The fourth-order valence-electron chi connectivity index (χ4n) is 3.56. The highest BCUT2D eigenvalue weighted by Crippen LogP contribution is 2.32. The number of aryl methyl sites for hydroxylation is 1. The Hall–Kier alpha value is -1.57. The maximum absolute atomic E-state index is 4.81. The number of allylic oxidation sites excluding steroid dienone is 2. The molecule has 2 heterocycles. The van der Waals surface area contributed by atoms with E-state index in [0.717, 1.165) is 31.4 Å². The zero-order valence-electron chi connectivity index (χ0n) is 14.4. The minimum absolute atomic E-state index is 1.05. The molecule has 1 aromatic rings. The van der Waals surface area contributed by atoms with E-state index in [1.165, 1.54) is 39.4 Å². The van der Waals surface area contributed by atoms with Crippen molar-refractivity contribution < 1.29 is 0 Å². The molecule has 0 amide bonds. The first kappa shape index (κ1) is 15.8. The van der Waals surface area contributed by atoms with Crippen LogP contribution in [0.15, 0.2) is 21.8 Å². The Bertz CT molecular complexity index is 624. The van der Waals surface area contributed by atoms with Gasteiger partial charge < -0.3 is 4.98 Å². The summed E-state index contributed by atoms with van der Waals surface area (Å²) in [7, 11) is 0. The summed E-state index contributed by atoms with van der Waals surface area (Å²) in [5, 5.41) is 0. The average Bonchev–Trinajstić information content (AvgIpc) is 2.94. The topological polar surface area (TPSA) is 28.1 Å². The lowest BCUT2D eigenvalue weighted by Gasteiger charge is -2.05. The monoisotopic (exact) mass is 284 g/mol. The molecule has 2 heteroatoms. The highest BCUT2D eigenvalue weighted by Gasteiger charge is 2.19. The Morgan fingerprint density at radius 2 is 1.48 bits per heavy atom. The molecule has 1 aromatic heterocycles. The summed E-state index contributed by atoms with van der Waals surface area (Å²) in [4.78, 5) is 8.38. The molecule has 0 spiro atoms. The Balaban J connectivity index is 2.53. The van der Waals surface area contributed by atoms with Gasteiger partial charge in [-0.3, -0.25) is 4.99 Å². The molecule has 0 unspecified atom stereocenters. The molecule has 0 bridgehead atoms. The Morgan fingerprint density at radius 3 is 2.00 bits per heavy atom. The van der Waals surface area contributed by atoms with E-state index in [1.807, 2.05) is 0 Å². The van der Waals surface area contributed by atoms with Gasteiger partial charge in [0.25, 0.3) is 0 Å². The van der Waals surface area contributed by atoms with Gasteiger partial charge in [-0.05, 0) is 67.9 Å². The van der Waals surface area contributed by atoms with Gasteiger partial charge in [0.1, 0.15) is 0 Å². The van der Waals surface area contributed by atoms with Gasteiger partial charge >= 0.3 is 0 Å². The number of H-pyrrole nitrogens is 1. The SMILES string of the molecule is CCC1=C(CC)/C(=C/c2[nH]c(C)c(CC)c2CC)N=C1C. The van der Waals surface area contributed by atoms with E-state index in [2.05, 4.69) is 52.6 Å². The van der Waals surface area contributed by atoms with Gasteiger partial charge in [-0.15, -0.1) is 0 Å². The van der Waals surface area contributed by atoms with Crippen LogP contribution in [0.25, 0.3) is 6.08 Å². The molecular weight excluding hydrogens is 256 g/mol. The van der Waals surface area contributed by atoms with Crippen molar-refractivity contribution in [3.8, 4) is 0 Å². The lowest BCUT2D eigenvalue weighted by Crippen LogP contribution is -1.93. The second-order valence-electron chi connectivity index (χ2n) is 5.72. The Morgan fingerprint density at radius 1 is 0.857 bits per heavy atom. The lowest BCUT2D eigenvalue weighted by molar-refractivity contribution is 1.04. The highest BCUT2D eigenvalue weighted by atomic mass is 14.8. The van der Waals surface area contributed by atoms with Crippen LogP contribution >= 0.6 is 0 Å². The van der Waals surface area contributed by atoms with E-state index in [4.69, 9.17) is 4.99 Å². The zero-order chi connectivity index (χ0) is 15.6. The second-order valence-corrected chi connectivity index (χ2v) is 5.72. The van der Waals surface area contributed by atoms with Crippen molar-refractivity contribution in [2.75, 3.05) is 0 Å². The normalized spacial score (nSPS) is 17.0. The van der Waals surface area contributed by atoms with Crippen LogP contribution in [-0.2, 0) is 12.8 Å². The largest absolute Gasteiger partial charge is 0.359 e. The summed E-state index contributed by atoms with van der Waals surface area (Å²) in [6, 6.07) is 0. The third-order valence-corrected chi connectivity index (χ3v) is 4.56. The predicted molar refractivity (Wildman–Crippen MR) is 93.0 cm³/mol. The van der Waals surface area contributed by atoms with E-state index >= 15 is 0 Å². The molecule has 0 radical (unpaired) electrons. The molecule has 21 heavy (non-hydrogen) atoms. The summed E-state index contributed by atoms with van der Waals surface area (Å²) < 4.78 is 0. The molecule has 0 atom stereocenters.